The molecule has 4 N–H and O–H groups in total. The summed E-state index contributed by atoms with van der Waals surface area (Å²) in [6, 6.07) is 35.7. The minimum atomic E-state index is -1.15. The van der Waals surface area contributed by atoms with Crippen LogP contribution in [-0.2, 0) is 33.9 Å². The standard InChI is InChI=1S/C49H48N4O7/c54-45(51-30-34-16-6-1-2-7-17-34)42-29-43-37(22-23-50-43)28-41(42)46(55)53-44(24-33-14-8-3-9-15-33)47(56)52-40-26-38(48(57)59-31-35-18-10-4-11-19-35)25-39(27-40)49(58)60-32-36-20-12-5-13-21-36/h3-5,8-15,18-23,25-29,34,44,50H,1-2,6-7,16-17,24,30-32H2,(H,51,54)(H,52,56)(H,53,55)/t44-/m0/s1. The number of esters is 2. The van der Waals surface area contributed by atoms with Crippen LogP contribution in [0.2, 0.25) is 0 Å². The summed E-state index contributed by atoms with van der Waals surface area (Å²) in [5.41, 5.74) is 3.46. The maximum Gasteiger partial charge on any atom is 0.338 e. The molecular formula is C49H48N4O7. The molecule has 306 valence electrons. The lowest BCUT2D eigenvalue weighted by molar-refractivity contribution is -0.118. The number of hydrogen-bond acceptors (Lipinski definition) is 7. The lowest BCUT2D eigenvalue weighted by Crippen LogP contribution is -2.46. The van der Waals surface area contributed by atoms with Crippen LogP contribution in [0.3, 0.4) is 0 Å². The minimum Gasteiger partial charge on any atom is -0.457 e. The second-order valence-electron chi connectivity index (χ2n) is 15.2. The number of carbonyl (C=O) groups excluding carboxylic acids is 5. The summed E-state index contributed by atoms with van der Waals surface area (Å²) in [5.74, 6) is -2.66. The van der Waals surface area contributed by atoms with Crippen LogP contribution in [0.4, 0.5) is 5.69 Å². The largest absolute Gasteiger partial charge is 0.457 e. The average Bonchev–Trinajstić information content (AvgIpc) is 3.59. The third kappa shape index (κ3) is 11.1. The Kier molecular flexibility index (Phi) is 13.8. The van der Waals surface area contributed by atoms with Crippen LogP contribution in [0.25, 0.3) is 10.9 Å². The van der Waals surface area contributed by atoms with Gasteiger partial charge in [0, 0.05) is 35.8 Å². The van der Waals surface area contributed by atoms with Crippen LogP contribution in [0.15, 0.2) is 134 Å². The third-order valence-electron chi connectivity index (χ3n) is 10.7. The number of carbonyl (C=O) groups is 5. The fraction of sp³-hybridized carbons (Fsp3) is 0.245. The van der Waals surface area contributed by atoms with E-state index in [2.05, 4.69) is 20.9 Å². The third-order valence-corrected chi connectivity index (χ3v) is 10.7. The zero-order chi connectivity index (χ0) is 41.7. The van der Waals surface area contributed by atoms with E-state index in [-0.39, 0.29) is 53.5 Å². The Morgan fingerprint density at radius 2 is 1.17 bits per heavy atom. The molecule has 0 bridgehead atoms. The number of amides is 3. The number of anilines is 1. The molecule has 0 saturated heterocycles. The van der Waals surface area contributed by atoms with Gasteiger partial charge in [0.25, 0.3) is 11.8 Å². The molecule has 1 aliphatic carbocycles. The molecule has 6 aromatic rings. The van der Waals surface area contributed by atoms with Crippen LogP contribution in [-0.4, -0.2) is 47.2 Å². The van der Waals surface area contributed by atoms with Gasteiger partial charge in [-0.15, -0.1) is 0 Å². The highest BCUT2D eigenvalue weighted by Gasteiger charge is 2.27. The van der Waals surface area contributed by atoms with Crippen molar-refractivity contribution in [3.63, 3.8) is 0 Å². The smallest absolute Gasteiger partial charge is 0.338 e. The van der Waals surface area contributed by atoms with E-state index in [1.165, 1.54) is 31.0 Å². The van der Waals surface area contributed by atoms with Gasteiger partial charge in [0.05, 0.1) is 22.3 Å². The molecule has 3 amide bonds. The van der Waals surface area contributed by atoms with E-state index in [9.17, 15) is 24.0 Å². The van der Waals surface area contributed by atoms with Crippen molar-refractivity contribution in [3.8, 4) is 0 Å². The van der Waals surface area contributed by atoms with Crippen LogP contribution in [0.1, 0.15) is 96.6 Å². The predicted octanol–water partition coefficient (Wildman–Crippen LogP) is 8.56. The molecular weight excluding hydrogens is 757 g/mol. The highest BCUT2D eigenvalue weighted by Crippen LogP contribution is 2.24. The number of benzene rings is 5. The van der Waals surface area contributed by atoms with Crippen molar-refractivity contribution in [2.45, 2.75) is 64.2 Å². The molecule has 1 fully saturated rings. The molecule has 11 heteroatoms. The number of H-pyrrole nitrogens is 1. The van der Waals surface area contributed by atoms with Gasteiger partial charge in [-0.1, -0.05) is 117 Å². The van der Waals surface area contributed by atoms with Crippen LogP contribution in [0, 0.1) is 5.92 Å². The summed E-state index contributed by atoms with van der Waals surface area (Å²) >= 11 is 0. The van der Waals surface area contributed by atoms with E-state index in [1.807, 2.05) is 97.1 Å². The first-order valence-corrected chi connectivity index (χ1v) is 20.4. The second-order valence-corrected chi connectivity index (χ2v) is 15.2. The SMILES string of the molecule is O=C(OCc1ccccc1)c1cc(NC(=O)[C@H](Cc2ccccc2)NC(=O)c2cc3cc[nH]c3cc2C(=O)NCC2CCCCCC2)cc(C(=O)OCc2ccccc2)c1. The van der Waals surface area contributed by atoms with E-state index in [0.29, 0.717) is 18.0 Å². The van der Waals surface area contributed by atoms with Crippen molar-refractivity contribution >= 4 is 46.3 Å². The Hall–Kier alpha value is -7.01. The van der Waals surface area contributed by atoms with Crippen molar-refractivity contribution in [2.24, 2.45) is 5.92 Å². The Morgan fingerprint density at radius 1 is 0.617 bits per heavy atom. The Labute approximate surface area is 348 Å². The van der Waals surface area contributed by atoms with Crippen molar-refractivity contribution in [3.05, 3.63) is 173 Å². The van der Waals surface area contributed by atoms with Gasteiger partial charge in [0.1, 0.15) is 19.3 Å². The molecule has 1 heterocycles. The molecule has 0 spiro atoms. The Balaban J connectivity index is 1.14. The van der Waals surface area contributed by atoms with E-state index < -0.39 is 29.8 Å². The molecule has 1 aliphatic rings. The first kappa shape index (κ1) is 41.2. The summed E-state index contributed by atoms with van der Waals surface area (Å²) in [6.45, 7) is 0.497. The monoisotopic (exact) mass is 804 g/mol. The van der Waals surface area contributed by atoms with E-state index in [0.717, 1.165) is 47.8 Å². The summed E-state index contributed by atoms with van der Waals surface area (Å²) in [6.07, 6.45) is 8.60. The van der Waals surface area contributed by atoms with Crippen LogP contribution >= 0.6 is 0 Å². The summed E-state index contributed by atoms with van der Waals surface area (Å²) in [5, 5.41) is 9.53. The average molecular weight is 805 g/mol. The first-order valence-electron chi connectivity index (χ1n) is 20.4. The van der Waals surface area contributed by atoms with Gasteiger partial charge >= 0.3 is 11.9 Å². The number of nitrogens with one attached hydrogen (secondary N) is 4. The summed E-state index contributed by atoms with van der Waals surface area (Å²) < 4.78 is 11.2. The van der Waals surface area contributed by atoms with Gasteiger partial charge < -0.3 is 30.4 Å². The highest BCUT2D eigenvalue weighted by molar-refractivity contribution is 6.11. The molecule has 11 nitrogen and oxygen atoms in total. The molecule has 1 aromatic heterocycles. The number of ether oxygens (including phenoxy) is 2. The van der Waals surface area contributed by atoms with E-state index in [4.69, 9.17) is 9.47 Å². The lowest BCUT2D eigenvalue weighted by Gasteiger charge is -2.21. The van der Waals surface area contributed by atoms with Gasteiger partial charge in [-0.25, -0.2) is 9.59 Å². The maximum absolute atomic E-state index is 14.3. The number of fused-ring (bicyclic) bond motifs is 1. The maximum atomic E-state index is 14.3. The van der Waals surface area contributed by atoms with Crippen molar-refractivity contribution in [2.75, 3.05) is 11.9 Å². The number of rotatable bonds is 15. The Morgan fingerprint density at radius 3 is 1.75 bits per heavy atom. The fourth-order valence-electron chi connectivity index (χ4n) is 7.45. The molecule has 0 radical (unpaired) electrons. The number of hydrogen-bond donors (Lipinski definition) is 4. The Bertz CT molecular complexity index is 2350. The van der Waals surface area contributed by atoms with Gasteiger partial charge in [-0.3, -0.25) is 14.4 Å². The minimum absolute atomic E-state index is 0.00956. The molecule has 7 rings (SSSR count). The molecule has 60 heavy (non-hydrogen) atoms. The fourth-order valence-corrected chi connectivity index (χ4v) is 7.45. The van der Waals surface area contributed by atoms with Crippen LogP contribution < -0.4 is 16.0 Å². The summed E-state index contributed by atoms with van der Waals surface area (Å²) in [4.78, 5) is 72.4. The summed E-state index contributed by atoms with van der Waals surface area (Å²) in [7, 11) is 0. The predicted molar refractivity (Wildman–Crippen MR) is 229 cm³/mol. The highest BCUT2D eigenvalue weighted by atomic mass is 16.5. The molecule has 5 aromatic carbocycles. The normalized spacial score (nSPS) is 13.4. The molecule has 0 unspecified atom stereocenters. The second kappa shape index (κ2) is 20.1. The van der Waals surface area contributed by atoms with Gasteiger partial charge in [0.2, 0.25) is 5.91 Å². The zero-order valence-electron chi connectivity index (χ0n) is 33.3. The topological polar surface area (TPSA) is 156 Å². The molecule has 1 atom stereocenters. The number of aromatic nitrogens is 1. The zero-order valence-corrected chi connectivity index (χ0v) is 33.3. The first-order chi connectivity index (χ1) is 29.3. The molecule has 0 aliphatic heterocycles. The quantitative estimate of drug-likeness (QED) is 0.0599. The van der Waals surface area contributed by atoms with Gasteiger partial charge in [0.15, 0.2) is 0 Å². The molecule has 1 saturated carbocycles. The number of aromatic amines is 1. The van der Waals surface area contributed by atoms with Crippen molar-refractivity contribution < 1.29 is 33.4 Å². The van der Waals surface area contributed by atoms with Gasteiger partial charge in [-0.05, 0) is 71.8 Å². The lowest BCUT2D eigenvalue weighted by atomic mass is 9.99. The van der Waals surface area contributed by atoms with Crippen molar-refractivity contribution in [1.29, 1.82) is 0 Å². The van der Waals surface area contributed by atoms with E-state index in [1.54, 1.807) is 18.3 Å². The van der Waals surface area contributed by atoms with Gasteiger partial charge in [-0.2, -0.15) is 0 Å². The van der Waals surface area contributed by atoms with Crippen molar-refractivity contribution in [1.82, 2.24) is 15.6 Å². The van der Waals surface area contributed by atoms with E-state index >= 15 is 0 Å². The van der Waals surface area contributed by atoms with Crippen LogP contribution in [0.5, 0.6) is 0 Å².